The Morgan fingerprint density at radius 2 is 2.40 bits per heavy atom. The van der Waals surface area contributed by atoms with Crippen molar-refractivity contribution in [1.29, 1.82) is 0 Å². The molecule has 0 aromatic carbocycles. The van der Waals surface area contributed by atoms with Crippen LogP contribution in [0.3, 0.4) is 0 Å². The van der Waals surface area contributed by atoms with E-state index in [4.69, 9.17) is 0 Å². The average Bonchev–Trinajstić information content (AvgIpc) is 1.88. The lowest BCUT2D eigenvalue weighted by Gasteiger charge is -1.92. The number of carbonyl (C=O) groups is 1. The SMILES string of the molecule is O=CCc1cncc(I)c1. The predicted octanol–water partition coefficient (Wildman–Crippen LogP) is 1.43. The van der Waals surface area contributed by atoms with E-state index in [1.807, 2.05) is 6.07 Å². The van der Waals surface area contributed by atoms with Gasteiger partial charge in [0.25, 0.3) is 0 Å². The van der Waals surface area contributed by atoms with E-state index < -0.39 is 0 Å². The Labute approximate surface area is 72.8 Å². The third kappa shape index (κ3) is 2.06. The van der Waals surface area contributed by atoms with Gasteiger partial charge in [0.2, 0.25) is 0 Å². The monoisotopic (exact) mass is 247 g/mol. The fourth-order valence-electron chi connectivity index (χ4n) is 0.664. The second kappa shape index (κ2) is 3.65. The van der Waals surface area contributed by atoms with Crippen LogP contribution in [0, 0.1) is 3.57 Å². The van der Waals surface area contributed by atoms with E-state index in [2.05, 4.69) is 27.6 Å². The molecular weight excluding hydrogens is 241 g/mol. The third-order valence-electron chi connectivity index (χ3n) is 1.08. The summed E-state index contributed by atoms with van der Waals surface area (Å²) in [6.45, 7) is 0. The number of pyridine rings is 1. The van der Waals surface area contributed by atoms with Crippen molar-refractivity contribution in [3.05, 3.63) is 27.6 Å². The lowest BCUT2D eigenvalue weighted by Crippen LogP contribution is -1.87. The first-order chi connectivity index (χ1) is 4.83. The summed E-state index contributed by atoms with van der Waals surface area (Å²) in [6, 6.07) is 1.95. The first-order valence-electron chi connectivity index (χ1n) is 2.86. The largest absolute Gasteiger partial charge is 0.303 e. The number of halogens is 1. The molecular formula is C7H6INO. The van der Waals surface area contributed by atoms with Gasteiger partial charge in [-0.15, -0.1) is 0 Å². The standard InChI is InChI=1S/C7H6INO/c8-7-3-6(1-2-10)4-9-5-7/h2-5H,1H2. The molecule has 0 aliphatic rings. The minimum absolute atomic E-state index is 0.462. The number of hydrogen-bond donors (Lipinski definition) is 0. The molecule has 10 heavy (non-hydrogen) atoms. The van der Waals surface area contributed by atoms with E-state index in [1.54, 1.807) is 12.4 Å². The summed E-state index contributed by atoms with van der Waals surface area (Å²) < 4.78 is 1.07. The fraction of sp³-hybridized carbons (Fsp3) is 0.143. The molecule has 0 radical (unpaired) electrons. The number of nitrogens with zero attached hydrogens (tertiary/aromatic N) is 1. The maximum atomic E-state index is 10.1. The van der Waals surface area contributed by atoms with Gasteiger partial charge in [0.15, 0.2) is 0 Å². The molecule has 1 rings (SSSR count). The van der Waals surface area contributed by atoms with Crippen molar-refractivity contribution in [1.82, 2.24) is 4.98 Å². The van der Waals surface area contributed by atoms with Gasteiger partial charge in [-0.1, -0.05) is 0 Å². The number of aldehydes is 1. The van der Waals surface area contributed by atoms with Gasteiger partial charge in [0, 0.05) is 22.4 Å². The zero-order chi connectivity index (χ0) is 7.40. The molecule has 1 aromatic heterocycles. The number of rotatable bonds is 2. The van der Waals surface area contributed by atoms with E-state index in [9.17, 15) is 4.79 Å². The van der Waals surface area contributed by atoms with Crippen LogP contribution in [0.2, 0.25) is 0 Å². The van der Waals surface area contributed by atoms with Gasteiger partial charge in [-0.2, -0.15) is 0 Å². The highest BCUT2D eigenvalue weighted by atomic mass is 127. The zero-order valence-electron chi connectivity index (χ0n) is 5.25. The van der Waals surface area contributed by atoms with Crippen LogP contribution in [0.5, 0.6) is 0 Å². The molecule has 2 nitrogen and oxygen atoms in total. The minimum Gasteiger partial charge on any atom is -0.303 e. The zero-order valence-corrected chi connectivity index (χ0v) is 7.41. The average molecular weight is 247 g/mol. The van der Waals surface area contributed by atoms with Crippen molar-refractivity contribution < 1.29 is 4.79 Å². The summed E-state index contributed by atoms with van der Waals surface area (Å²) in [5.74, 6) is 0. The number of carbonyl (C=O) groups excluding carboxylic acids is 1. The van der Waals surface area contributed by atoms with Gasteiger partial charge in [-0.25, -0.2) is 0 Å². The Morgan fingerprint density at radius 3 is 3.00 bits per heavy atom. The van der Waals surface area contributed by atoms with Crippen molar-refractivity contribution in [3.63, 3.8) is 0 Å². The Kier molecular flexibility index (Phi) is 2.80. The predicted molar refractivity (Wildman–Crippen MR) is 46.7 cm³/mol. The van der Waals surface area contributed by atoms with Crippen molar-refractivity contribution in [2.24, 2.45) is 0 Å². The van der Waals surface area contributed by atoms with Crippen molar-refractivity contribution in [3.8, 4) is 0 Å². The highest BCUT2D eigenvalue weighted by Crippen LogP contribution is 2.04. The van der Waals surface area contributed by atoms with Gasteiger partial charge in [0.1, 0.15) is 6.29 Å². The number of aromatic nitrogens is 1. The van der Waals surface area contributed by atoms with E-state index in [0.717, 1.165) is 15.4 Å². The Balaban J connectivity index is 2.84. The summed E-state index contributed by atoms with van der Waals surface area (Å²) >= 11 is 2.17. The molecule has 0 atom stereocenters. The summed E-state index contributed by atoms with van der Waals surface area (Å²) in [7, 11) is 0. The summed E-state index contributed by atoms with van der Waals surface area (Å²) in [6.07, 6.45) is 4.81. The first kappa shape index (κ1) is 7.65. The van der Waals surface area contributed by atoms with Crippen LogP contribution in [0.25, 0.3) is 0 Å². The second-order valence-electron chi connectivity index (χ2n) is 1.88. The molecule has 0 bridgehead atoms. The van der Waals surface area contributed by atoms with Crippen molar-refractivity contribution in [2.75, 3.05) is 0 Å². The molecule has 0 amide bonds. The molecule has 0 N–H and O–H groups in total. The molecule has 0 fully saturated rings. The highest BCUT2D eigenvalue weighted by Gasteiger charge is 1.91. The van der Waals surface area contributed by atoms with Crippen LogP contribution < -0.4 is 0 Å². The van der Waals surface area contributed by atoms with Gasteiger partial charge in [0.05, 0.1) is 0 Å². The fourth-order valence-corrected chi connectivity index (χ4v) is 1.22. The maximum Gasteiger partial charge on any atom is 0.124 e. The Hall–Kier alpha value is -0.450. The van der Waals surface area contributed by atoms with Gasteiger partial charge < -0.3 is 4.79 Å². The molecule has 3 heteroatoms. The van der Waals surface area contributed by atoms with Gasteiger partial charge in [-0.05, 0) is 34.2 Å². The molecule has 0 aliphatic carbocycles. The van der Waals surface area contributed by atoms with Crippen LogP contribution in [0.4, 0.5) is 0 Å². The van der Waals surface area contributed by atoms with Gasteiger partial charge in [-0.3, -0.25) is 4.98 Å². The summed E-state index contributed by atoms with van der Waals surface area (Å²) in [5.41, 5.74) is 0.974. The van der Waals surface area contributed by atoms with E-state index in [-0.39, 0.29) is 0 Å². The molecule has 1 heterocycles. The lowest BCUT2D eigenvalue weighted by molar-refractivity contribution is -0.107. The van der Waals surface area contributed by atoms with Crippen LogP contribution in [-0.4, -0.2) is 11.3 Å². The Bertz CT molecular complexity index is 237. The number of hydrogen-bond acceptors (Lipinski definition) is 2. The highest BCUT2D eigenvalue weighted by molar-refractivity contribution is 14.1. The quantitative estimate of drug-likeness (QED) is 0.584. The maximum absolute atomic E-state index is 10.1. The smallest absolute Gasteiger partial charge is 0.124 e. The normalized spacial score (nSPS) is 9.30. The molecule has 52 valence electrons. The van der Waals surface area contributed by atoms with Crippen LogP contribution in [0.1, 0.15) is 5.56 Å². The molecule has 1 aromatic rings. The summed E-state index contributed by atoms with van der Waals surface area (Å²) in [4.78, 5) is 14.0. The van der Waals surface area contributed by atoms with E-state index >= 15 is 0 Å². The Morgan fingerprint density at radius 1 is 1.60 bits per heavy atom. The van der Waals surface area contributed by atoms with Crippen LogP contribution >= 0.6 is 22.6 Å². The first-order valence-corrected chi connectivity index (χ1v) is 3.94. The third-order valence-corrected chi connectivity index (χ3v) is 1.67. The van der Waals surface area contributed by atoms with E-state index in [1.165, 1.54) is 0 Å². The van der Waals surface area contributed by atoms with Crippen LogP contribution in [0.15, 0.2) is 18.5 Å². The van der Waals surface area contributed by atoms with Crippen molar-refractivity contribution in [2.45, 2.75) is 6.42 Å². The van der Waals surface area contributed by atoms with Crippen molar-refractivity contribution >= 4 is 28.9 Å². The molecule has 0 saturated carbocycles. The van der Waals surface area contributed by atoms with Gasteiger partial charge >= 0.3 is 0 Å². The summed E-state index contributed by atoms with van der Waals surface area (Å²) in [5, 5.41) is 0. The molecule has 0 unspecified atom stereocenters. The molecule has 0 spiro atoms. The lowest BCUT2D eigenvalue weighted by atomic mass is 10.2. The molecule has 0 aliphatic heterocycles. The topological polar surface area (TPSA) is 30.0 Å². The van der Waals surface area contributed by atoms with Crippen LogP contribution in [-0.2, 0) is 11.2 Å². The minimum atomic E-state index is 0.462. The second-order valence-corrected chi connectivity index (χ2v) is 3.13. The molecule has 0 saturated heterocycles. The van der Waals surface area contributed by atoms with E-state index in [0.29, 0.717) is 6.42 Å².